The number of carbonyl (C=O) groups is 1. The Morgan fingerprint density at radius 1 is 1.27 bits per heavy atom. The van der Waals surface area contributed by atoms with E-state index < -0.39 is 15.6 Å². The summed E-state index contributed by atoms with van der Waals surface area (Å²) in [6.07, 6.45) is 6.78. The van der Waals surface area contributed by atoms with Crippen molar-refractivity contribution in [2.45, 2.75) is 31.7 Å². The fraction of sp³-hybridized carbons (Fsp3) is 0.273. The minimum atomic E-state index is -3.63. The second-order valence-electron chi connectivity index (χ2n) is 8.39. The summed E-state index contributed by atoms with van der Waals surface area (Å²) in [5, 5.41) is 2.97. The van der Waals surface area contributed by atoms with E-state index in [0.29, 0.717) is 29.0 Å². The zero-order chi connectivity index (χ0) is 23.6. The molecule has 4 rings (SSSR count). The topological polar surface area (TPSA) is 142 Å². The molecule has 0 radical (unpaired) electrons. The van der Waals surface area contributed by atoms with Crippen LogP contribution < -0.4 is 15.8 Å². The van der Waals surface area contributed by atoms with Crippen LogP contribution in [0.2, 0.25) is 0 Å². The largest absolute Gasteiger partial charge is 0.490 e. The highest BCUT2D eigenvalue weighted by molar-refractivity contribution is 7.89. The molecular weight excluding hydrogens is 444 g/mol. The summed E-state index contributed by atoms with van der Waals surface area (Å²) >= 11 is 0. The van der Waals surface area contributed by atoms with Crippen molar-refractivity contribution in [3.8, 4) is 5.75 Å². The summed E-state index contributed by atoms with van der Waals surface area (Å²) < 4.78 is 35.1. The van der Waals surface area contributed by atoms with Crippen LogP contribution in [0.1, 0.15) is 41.0 Å². The van der Waals surface area contributed by atoms with Gasteiger partial charge in [0.25, 0.3) is 15.9 Å². The molecule has 0 spiro atoms. The van der Waals surface area contributed by atoms with Crippen LogP contribution >= 0.6 is 0 Å². The van der Waals surface area contributed by atoms with Crippen LogP contribution in [0.15, 0.2) is 59.6 Å². The molecule has 1 aliphatic heterocycles. The van der Waals surface area contributed by atoms with Gasteiger partial charge in [-0.15, -0.1) is 4.40 Å². The molecule has 0 saturated heterocycles. The van der Waals surface area contributed by atoms with E-state index in [2.05, 4.69) is 19.7 Å². The number of amides is 1. The van der Waals surface area contributed by atoms with Crippen LogP contribution in [-0.4, -0.2) is 46.8 Å². The van der Waals surface area contributed by atoms with E-state index in [9.17, 15) is 13.2 Å². The number of nitrogens with two attached hydrogens (primary N) is 1. The number of hydrogen-bond acceptors (Lipinski definition) is 7. The molecule has 3 heterocycles. The normalized spacial score (nSPS) is 14.8. The van der Waals surface area contributed by atoms with E-state index in [0.717, 1.165) is 5.69 Å². The first-order chi connectivity index (χ1) is 15.6. The highest BCUT2D eigenvalue weighted by atomic mass is 32.2. The van der Waals surface area contributed by atoms with Gasteiger partial charge in [0.1, 0.15) is 18.2 Å². The monoisotopic (exact) mass is 468 g/mol. The van der Waals surface area contributed by atoms with Crippen molar-refractivity contribution in [2.24, 2.45) is 10.1 Å². The lowest BCUT2D eigenvalue weighted by Gasteiger charge is -2.27. The third kappa shape index (κ3) is 5.37. The molecule has 0 aliphatic carbocycles. The fourth-order valence-electron chi connectivity index (χ4n) is 3.48. The number of hydrogen-bond donors (Lipinski definition) is 2. The van der Waals surface area contributed by atoms with Crippen LogP contribution in [0.25, 0.3) is 0 Å². The predicted molar refractivity (Wildman–Crippen MR) is 122 cm³/mol. The minimum absolute atomic E-state index is 0.101. The highest BCUT2D eigenvalue weighted by Gasteiger charge is 2.27. The Morgan fingerprint density at radius 3 is 2.85 bits per heavy atom. The Balaban J connectivity index is 1.44. The first-order valence-corrected chi connectivity index (χ1v) is 11.8. The summed E-state index contributed by atoms with van der Waals surface area (Å²) in [5.74, 6) is -0.183. The van der Waals surface area contributed by atoms with E-state index in [-0.39, 0.29) is 24.1 Å². The fourth-order valence-corrected chi connectivity index (χ4v) is 4.57. The van der Waals surface area contributed by atoms with E-state index in [1.165, 1.54) is 0 Å². The van der Waals surface area contributed by atoms with Gasteiger partial charge in [0.05, 0.1) is 35.4 Å². The van der Waals surface area contributed by atoms with E-state index in [4.69, 9.17) is 10.5 Å². The molecule has 0 fully saturated rings. The van der Waals surface area contributed by atoms with Gasteiger partial charge < -0.3 is 20.4 Å². The molecule has 1 aromatic carbocycles. The minimum Gasteiger partial charge on any atom is -0.490 e. The highest BCUT2D eigenvalue weighted by Crippen LogP contribution is 2.28. The summed E-state index contributed by atoms with van der Waals surface area (Å²) in [7, 11) is -3.63. The summed E-state index contributed by atoms with van der Waals surface area (Å²) in [4.78, 5) is 21.2. The van der Waals surface area contributed by atoms with Crippen molar-refractivity contribution in [3.05, 3.63) is 77.6 Å². The molecule has 1 aliphatic rings. The Morgan fingerprint density at radius 2 is 2.09 bits per heavy atom. The van der Waals surface area contributed by atoms with Gasteiger partial charge in [0.15, 0.2) is 0 Å². The van der Waals surface area contributed by atoms with E-state index in [1.807, 2.05) is 24.6 Å². The zero-order valence-corrected chi connectivity index (χ0v) is 19.0. The number of aromatic nitrogens is 3. The molecule has 11 heteroatoms. The number of pyridine rings is 1. The second kappa shape index (κ2) is 8.66. The van der Waals surface area contributed by atoms with Gasteiger partial charge in [0.2, 0.25) is 0 Å². The van der Waals surface area contributed by atoms with Crippen molar-refractivity contribution in [1.29, 1.82) is 0 Å². The Bertz CT molecular complexity index is 1320. The van der Waals surface area contributed by atoms with Gasteiger partial charge >= 0.3 is 0 Å². The van der Waals surface area contributed by atoms with Crippen LogP contribution in [0, 0.1) is 0 Å². The Labute approximate surface area is 191 Å². The van der Waals surface area contributed by atoms with Gasteiger partial charge in [-0.25, -0.2) is 13.4 Å². The van der Waals surface area contributed by atoms with Gasteiger partial charge in [0, 0.05) is 24.2 Å². The molecule has 3 aromatic rings. The number of benzene rings is 1. The van der Waals surface area contributed by atoms with Crippen LogP contribution in [0.3, 0.4) is 0 Å². The Kier molecular flexibility index (Phi) is 5.90. The number of fused-ring (bicyclic) bond motifs is 1. The van der Waals surface area contributed by atoms with Crippen LogP contribution in [0.4, 0.5) is 0 Å². The smallest absolute Gasteiger partial charge is 0.259 e. The maximum atomic E-state index is 12.9. The summed E-state index contributed by atoms with van der Waals surface area (Å²) in [5.41, 5.74) is 7.36. The first-order valence-electron chi connectivity index (χ1n) is 10.2. The number of imidazole rings is 1. The third-order valence-corrected chi connectivity index (χ3v) is 6.12. The lowest BCUT2D eigenvalue weighted by Crippen LogP contribution is -2.48. The quantitative estimate of drug-likeness (QED) is 0.535. The maximum Gasteiger partial charge on any atom is 0.259 e. The molecule has 1 amide bonds. The maximum absolute atomic E-state index is 12.9. The number of nitrogens with one attached hydrogen (secondary N) is 1. The standard InChI is InChI=1S/C22H24N6O4S/c1-22(2,13-32-18-5-3-4-16-12-33(30,31)27-20(23)19(16)18)26-21(29)15-6-7-25-17(10-15)11-28-9-8-24-14-28/h3-10,14H,11-13H2,1-2H3,(H2,23,27)(H,26,29). The van der Waals surface area contributed by atoms with E-state index >= 15 is 0 Å². The number of ether oxygens (including phenoxy) is 1. The van der Waals surface area contributed by atoms with Crippen molar-refractivity contribution in [2.75, 3.05) is 6.61 Å². The average Bonchev–Trinajstić information content (AvgIpc) is 3.24. The number of nitrogens with zero attached hydrogens (tertiary/aromatic N) is 4. The number of amidine groups is 1. The molecule has 0 saturated carbocycles. The second-order valence-corrected chi connectivity index (χ2v) is 10.0. The molecule has 0 unspecified atom stereocenters. The van der Waals surface area contributed by atoms with Crippen molar-refractivity contribution >= 4 is 21.8 Å². The lowest BCUT2D eigenvalue weighted by molar-refractivity contribution is 0.0880. The van der Waals surface area contributed by atoms with Crippen molar-refractivity contribution < 1.29 is 17.9 Å². The first kappa shape index (κ1) is 22.5. The van der Waals surface area contributed by atoms with Gasteiger partial charge in [-0.05, 0) is 37.6 Å². The number of carbonyl (C=O) groups excluding carboxylic acids is 1. The number of rotatable bonds is 7. The molecule has 10 nitrogen and oxygen atoms in total. The SMILES string of the molecule is CC(C)(COc1cccc2c1C(N)=NS(=O)(=O)C2)NC(=O)c1ccnc(Cn2ccnc2)c1. The van der Waals surface area contributed by atoms with Crippen molar-refractivity contribution in [3.63, 3.8) is 0 Å². The van der Waals surface area contributed by atoms with E-state index in [1.54, 1.807) is 49.1 Å². The predicted octanol–water partition coefficient (Wildman–Crippen LogP) is 1.46. The van der Waals surface area contributed by atoms with Gasteiger partial charge in [-0.3, -0.25) is 9.78 Å². The van der Waals surface area contributed by atoms with Crippen LogP contribution in [0.5, 0.6) is 5.75 Å². The molecule has 172 valence electrons. The summed E-state index contributed by atoms with van der Waals surface area (Å²) in [6, 6.07) is 8.46. The lowest BCUT2D eigenvalue weighted by atomic mass is 10.0. The average molecular weight is 469 g/mol. The van der Waals surface area contributed by atoms with Gasteiger partial charge in [-0.1, -0.05) is 12.1 Å². The molecule has 0 atom stereocenters. The molecule has 2 aromatic heterocycles. The molecule has 33 heavy (non-hydrogen) atoms. The molecular formula is C22H24N6O4S. The molecule has 0 bridgehead atoms. The summed E-state index contributed by atoms with van der Waals surface area (Å²) in [6.45, 7) is 4.29. The Hall–Kier alpha value is -3.73. The third-order valence-electron chi connectivity index (χ3n) is 4.97. The zero-order valence-electron chi connectivity index (χ0n) is 18.2. The molecule has 3 N–H and O–H groups in total. The number of sulfonamides is 1. The van der Waals surface area contributed by atoms with Crippen molar-refractivity contribution in [1.82, 2.24) is 19.9 Å². The van der Waals surface area contributed by atoms with Crippen LogP contribution in [-0.2, 0) is 22.3 Å². The van der Waals surface area contributed by atoms with Gasteiger partial charge in [-0.2, -0.15) is 0 Å².